The molecular formula is C13H17N3O2. The summed E-state index contributed by atoms with van der Waals surface area (Å²) in [5.41, 5.74) is 0. The number of fused-ring (bicyclic) bond motifs is 1. The van der Waals surface area contributed by atoms with Crippen molar-refractivity contribution >= 4 is 11.8 Å². The summed E-state index contributed by atoms with van der Waals surface area (Å²) in [5, 5.41) is 0. The summed E-state index contributed by atoms with van der Waals surface area (Å²) in [6, 6.07) is -0.231. The quantitative estimate of drug-likeness (QED) is 0.826. The third kappa shape index (κ3) is 1.50. The van der Waals surface area contributed by atoms with E-state index in [1.54, 1.807) is 12.4 Å². The Kier molecular flexibility index (Phi) is 2.69. The molecule has 1 saturated carbocycles. The molecule has 3 unspecified atom stereocenters. The van der Waals surface area contributed by atoms with E-state index in [1.807, 2.05) is 6.92 Å². The van der Waals surface area contributed by atoms with Gasteiger partial charge in [0.05, 0.1) is 17.9 Å². The van der Waals surface area contributed by atoms with E-state index in [-0.39, 0.29) is 29.7 Å². The maximum atomic E-state index is 12.4. The van der Waals surface area contributed by atoms with Crippen LogP contribution in [0.1, 0.15) is 44.5 Å². The number of hydrogen-bond donors (Lipinski definition) is 1. The topological polar surface area (TPSA) is 66.1 Å². The van der Waals surface area contributed by atoms with E-state index in [0.29, 0.717) is 12.2 Å². The zero-order valence-electron chi connectivity index (χ0n) is 10.4. The number of imide groups is 1. The monoisotopic (exact) mass is 247 g/mol. The third-order valence-electron chi connectivity index (χ3n) is 4.16. The van der Waals surface area contributed by atoms with E-state index in [4.69, 9.17) is 0 Å². The number of hydrogen-bond acceptors (Lipinski definition) is 3. The first-order valence-corrected chi connectivity index (χ1v) is 6.60. The van der Waals surface area contributed by atoms with E-state index in [9.17, 15) is 9.59 Å². The van der Waals surface area contributed by atoms with Gasteiger partial charge in [-0.05, 0) is 19.3 Å². The highest BCUT2D eigenvalue weighted by Crippen LogP contribution is 2.43. The van der Waals surface area contributed by atoms with Crippen LogP contribution in [0.4, 0.5) is 0 Å². The number of nitrogens with zero attached hydrogens (tertiary/aromatic N) is 2. The molecule has 1 aromatic heterocycles. The van der Waals surface area contributed by atoms with Gasteiger partial charge in [-0.25, -0.2) is 4.98 Å². The predicted molar refractivity (Wildman–Crippen MR) is 64.3 cm³/mol. The molecule has 5 nitrogen and oxygen atoms in total. The second-order valence-electron chi connectivity index (χ2n) is 5.09. The highest BCUT2D eigenvalue weighted by Gasteiger charge is 2.52. The first-order valence-electron chi connectivity index (χ1n) is 6.60. The van der Waals surface area contributed by atoms with Crippen LogP contribution < -0.4 is 0 Å². The minimum Gasteiger partial charge on any atom is -0.347 e. The standard InChI is InChI=1S/C13H17N3O2/c1-2-10(11-14-6-7-15-11)16-12(17)8-4-3-5-9(8)13(16)18/h6-10H,2-5H2,1H3,(H,14,15). The van der Waals surface area contributed by atoms with Crippen LogP contribution in [-0.4, -0.2) is 26.7 Å². The fraction of sp³-hybridized carbons (Fsp3) is 0.615. The fourth-order valence-corrected chi connectivity index (χ4v) is 3.28. The summed E-state index contributed by atoms with van der Waals surface area (Å²) < 4.78 is 0. The molecule has 18 heavy (non-hydrogen) atoms. The van der Waals surface area contributed by atoms with Crippen LogP contribution in [0.25, 0.3) is 0 Å². The van der Waals surface area contributed by atoms with Gasteiger partial charge in [-0.15, -0.1) is 0 Å². The second-order valence-corrected chi connectivity index (χ2v) is 5.09. The van der Waals surface area contributed by atoms with Gasteiger partial charge < -0.3 is 4.98 Å². The van der Waals surface area contributed by atoms with Gasteiger partial charge in [0.1, 0.15) is 5.82 Å². The lowest BCUT2D eigenvalue weighted by Gasteiger charge is -2.24. The van der Waals surface area contributed by atoms with Crippen molar-refractivity contribution in [2.75, 3.05) is 0 Å². The van der Waals surface area contributed by atoms with Crippen LogP contribution in [-0.2, 0) is 9.59 Å². The molecular weight excluding hydrogens is 230 g/mol. The number of rotatable bonds is 3. The van der Waals surface area contributed by atoms with E-state index in [2.05, 4.69) is 9.97 Å². The predicted octanol–water partition coefficient (Wildman–Crippen LogP) is 1.65. The van der Waals surface area contributed by atoms with Crippen LogP contribution in [0.15, 0.2) is 12.4 Å². The Morgan fingerprint density at radius 2 is 2.06 bits per heavy atom. The normalized spacial score (nSPS) is 28.8. The van der Waals surface area contributed by atoms with Gasteiger partial charge in [0.25, 0.3) is 0 Å². The van der Waals surface area contributed by atoms with Crippen LogP contribution in [0.2, 0.25) is 0 Å². The number of imidazole rings is 1. The van der Waals surface area contributed by atoms with Crippen LogP contribution in [0.5, 0.6) is 0 Å². The van der Waals surface area contributed by atoms with Gasteiger partial charge >= 0.3 is 0 Å². The third-order valence-corrected chi connectivity index (χ3v) is 4.16. The van der Waals surface area contributed by atoms with Crippen LogP contribution in [0, 0.1) is 11.8 Å². The smallest absolute Gasteiger partial charge is 0.233 e. The Hall–Kier alpha value is -1.65. The number of H-pyrrole nitrogens is 1. The van der Waals surface area contributed by atoms with Gasteiger partial charge in [0.15, 0.2) is 0 Å². The number of amides is 2. The Morgan fingerprint density at radius 1 is 1.39 bits per heavy atom. The molecule has 96 valence electrons. The van der Waals surface area contributed by atoms with Gasteiger partial charge in [0, 0.05) is 12.4 Å². The van der Waals surface area contributed by atoms with E-state index < -0.39 is 0 Å². The average molecular weight is 247 g/mol. The molecule has 2 amide bonds. The molecule has 0 bridgehead atoms. The van der Waals surface area contributed by atoms with Crippen molar-refractivity contribution in [1.82, 2.24) is 14.9 Å². The SMILES string of the molecule is CCC(c1ncc[nH]1)N1C(=O)C2CCCC2C1=O. The molecule has 3 atom stereocenters. The highest BCUT2D eigenvalue weighted by atomic mass is 16.2. The molecule has 1 aliphatic heterocycles. The summed E-state index contributed by atoms with van der Waals surface area (Å²) in [6.07, 6.45) is 6.80. The molecule has 3 rings (SSSR count). The Bertz CT molecular complexity index is 447. The first-order chi connectivity index (χ1) is 8.74. The van der Waals surface area contributed by atoms with Crippen molar-refractivity contribution in [3.05, 3.63) is 18.2 Å². The molecule has 1 aromatic rings. The van der Waals surface area contributed by atoms with Crippen molar-refractivity contribution in [2.24, 2.45) is 11.8 Å². The summed E-state index contributed by atoms with van der Waals surface area (Å²) in [7, 11) is 0. The highest BCUT2D eigenvalue weighted by molar-refractivity contribution is 6.05. The minimum absolute atomic E-state index is 0.00532. The second kappa shape index (κ2) is 4.23. The Morgan fingerprint density at radius 3 is 2.56 bits per heavy atom. The molecule has 5 heteroatoms. The number of aromatic nitrogens is 2. The van der Waals surface area contributed by atoms with Crippen molar-refractivity contribution < 1.29 is 9.59 Å². The zero-order valence-corrected chi connectivity index (χ0v) is 10.4. The largest absolute Gasteiger partial charge is 0.347 e. The lowest BCUT2D eigenvalue weighted by atomic mass is 10.00. The van der Waals surface area contributed by atoms with Crippen LogP contribution >= 0.6 is 0 Å². The lowest BCUT2D eigenvalue weighted by Crippen LogP contribution is -2.36. The number of likely N-dealkylation sites (tertiary alicyclic amines) is 1. The van der Waals surface area contributed by atoms with Crippen molar-refractivity contribution in [2.45, 2.75) is 38.6 Å². The maximum absolute atomic E-state index is 12.4. The minimum atomic E-state index is -0.231. The van der Waals surface area contributed by atoms with Gasteiger partial charge in [-0.1, -0.05) is 13.3 Å². The molecule has 0 spiro atoms. The maximum Gasteiger partial charge on any atom is 0.233 e. The van der Waals surface area contributed by atoms with E-state index in [1.165, 1.54) is 4.90 Å². The van der Waals surface area contributed by atoms with E-state index >= 15 is 0 Å². The number of nitrogens with one attached hydrogen (secondary N) is 1. The summed E-state index contributed by atoms with van der Waals surface area (Å²) in [4.78, 5) is 33.4. The Labute approximate surface area is 106 Å². The number of carbonyl (C=O) groups is 2. The molecule has 0 radical (unpaired) electrons. The van der Waals surface area contributed by atoms with Gasteiger partial charge in [-0.2, -0.15) is 0 Å². The molecule has 2 aliphatic rings. The van der Waals surface area contributed by atoms with Gasteiger partial charge in [-0.3, -0.25) is 14.5 Å². The average Bonchev–Trinajstić information content (AvgIpc) is 3.06. The number of carbonyl (C=O) groups excluding carboxylic acids is 2. The van der Waals surface area contributed by atoms with Crippen molar-refractivity contribution in [3.8, 4) is 0 Å². The molecule has 2 heterocycles. The summed E-state index contributed by atoms with van der Waals surface area (Å²) in [5.74, 6) is 0.582. The first kappa shape index (κ1) is 11.4. The molecule has 2 fully saturated rings. The molecule has 1 aliphatic carbocycles. The molecule has 0 aromatic carbocycles. The lowest BCUT2D eigenvalue weighted by molar-refractivity contribution is -0.143. The summed E-state index contributed by atoms with van der Waals surface area (Å²) >= 11 is 0. The Balaban J connectivity index is 1.92. The van der Waals surface area contributed by atoms with E-state index in [0.717, 1.165) is 19.3 Å². The molecule has 1 N–H and O–H groups in total. The van der Waals surface area contributed by atoms with Gasteiger partial charge in [0.2, 0.25) is 11.8 Å². The zero-order chi connectivity index (χ0) is 12.7. The number of aromatic amines is 1. The van der Waals surface area contributed by atoms with Crippen LogP contribution in [0.3, 0.4) is 0 Å². The molecule has 1 saturated heterocycles. The fourth-order valence-electron chi connectivity index (χ4n) is 3.28. The summed E-state index contributed by atoms with van der Waals surface area (Å²) in [6.45, 7) is 1.97. The van der Waals surface area contributed by atoms with Crippen molar-refractivity contribution in [3.63, 3.8) is 0 Å². The van der Waals surface area contributed by atoms with Crippen molar-refractivity contribution in [1.29, 1.82) is 0 Å².